The smallest absolute Gasteiger partial charge is 0.244 e. The molecule has 2 amide bonds. The van der Waals surface area contributed by atoms with E-state index in [2.05, 4.69) is 5.32 Å². The van der Waals surface area contributed by atoms with Gasteiger partial charge in [0, 0.05) is 17.6 Å². The molecule has 0 aromatic heterocycles. The molecule has 0 saturated carbocycles. The van der Waals surface area contributed by atoms with Gasteiger partial charge >= 0.3 is 0 Å². The van der Waals surface area contributed by atoms with Crippen molar-refractivity contribution in [1.29, 1.82) is 0 Å². The van der Waals surface area contributed by atoms with Crippen LogP contribution in [-0.4, -0.2) is 50.0 Å². The van der Waals surface area contributed by atoms with Gasteiger partial charge in [-0.2, -0.15) is 0 Å². The van der Waals surface area contributed by atoms with Crippen molar-refractivity contribution in [1.82, 2.24) is 10.2 Å². The van der Waals surface area contributed by atoms with Crippen LogP contribution >= 0.6 is 11.6 Å². The van der Waals surface area contributed by atoms with Crippen molar-refractivity contribution in [2.75, 3.05) is 17.1 Å². The number of carbonyl (C=O) groups is 2. The van der Waals surface area contributed by atoms with Gasteiger partial charge in [-0.15, -0.1) is 0 Å². The van der Waals surface area contributed by atoms with E-state index in [9.17, 15) is 22.4 Å². The van der Waals surface area contributed by atoms with Gasteiger partial charge in [-0.3, -0.25) is 13.9 Å². The molecule has 0 fully saturated rings. The number of anilines is 1. The van der Waals surface area contributed by atoms with Crippen molar-refractivity contribution in [3.63, 3.8) is 0 Å². The SMILES string of the molecule is CC[C@@H](C)NC(=O)[C@H](C)N(Cc1ccccc1Cl)C(=O)CN(c1ccc(F)cc1)S(C)(=O)=O. The van der Waals surface area contributed by atoms with Crippen LogP contribution in [0.5, 0.6) is 0 Å². The Morgan fingerprint density at radius 1 is 1.09 bits per heavy atom. The standard InChI is InChI=1S/C23H29ClFN3O4S/c1-5-16(2)26-23(30)17(3)27(14-18-8-6-7-9-21(18)24)22(29)15-28(33(4,31)32)20-12-10-19(25)11-13-20/h6-13,16-17H,5,14-15H2,1-4H3,(H,26,30)/t16-,17+/m1/s1. The maximum absolute atomic E-state index is 13.4. The number of hydrogen-bond donors (Lipinski definition) is 1. The summed E-state index contributed by atoms with van der Waals surface area (Å²) in [5, 5.41) is 3.27. The molecule has 0 aliphatic carbocycles. The molecule has 2 atom stereocenters. The first-order valence-corrected chi connectivity index (χ1v) is 12.7. The number of benzene rings is 2. The van der Waals surface area contributed by atoms with Gasteiger partial charge in [-0.1, -0.05) is 36.7 Å². The Hall–Kier alpha value is -2.65. The zero-order chi connectivity index (χ0) is 24.8. The van der Waals surface area contributed by atoms with Crippen LogP contribution in [0.3, 0.4) is 0 Å². The third-order valence-electron chi connectivity index (χ3n) is 5.26. The summed E-state index contributed by atoms with van der Waals surface area (Å²) < 4.78 is 39.1. The van der Waals surface area contributed by atoms with Gasteiger partial charge in [0.1, 0.15) is 18.4 Å². The highest BCUT2D eigenvalue weighted by atomic mass is 35.5. The summed E-state index contributed by atoms with van der Waals surface area (Å²) in [6, 6.07) is 10.7. The number of nitrogens with zero attached hydrogens (tertiary/aromatic N) is 2. The second-order valence-corrected chi connectivity index (χ2v) is 10.2. The summed E-state index contributed by atoms with van der Waals surface area (Å²) >= 11 is 6.27. The normalized spacial score (nSPS) is 13.2. The molecule has 180 valence electrons. The lowest BCUT2D eigenvalue weighted by Gasteiger charge is -2.32. The monoisotopic (exact) mass is 497 g/mol. The van der Waals surface area contributed by atoms with Gasteiger partial charge < -0.3 is 10.2 Å². The third kappa shape index (κ3) is 7.43. The Kier molecular flexibility index (Phi) is 9.25. The lowest BCUT2D eigenvalue weighted by Crippen LogP contribution is -2.52. The van der Waals surface area contributed by atoms with Crippen LogP contribution < -0.4 is 9.62 Å². The highest BCUT2D eigenvalue weighted by molar-refractivity contribution is 7.92. The quantitative estimate of drug-likeness (QED) is 0.543. The summed E-state index contributed by atoms with van der Waals surface area (Å²) in [4.78, 5) is 27.5. The van der Waals surface area contributed by atoms with Crippen LogP contribution in [0.15, 0.2) is 48.5 Å². The largest absolute Gasteiger partial charge is 0.352 e. The highest BCUT2D eigenvalue weighted by Crippen LogP contribution is 2.21. The molecule has 0 aliphatic rings. The van der Waals surface area contributed by atoms with Gasteiger partial charge in [0.15, 0.2) is 0 Å². The van der Waals surface area contributed by atoms with Gasteiger partial charge in [0.25, 0.3) is 0 Å². The van der Waals surface area contributed by atoms with E-state index in [1.807, 2.05) is 13.8 Å². The maximum Gasteiger partial charge on any atom is 0.244 e. The summed E-state index contributed by atoms with van der Waals surface area (Å²) in [7, 11) is -3.87. The molecule has 7 nitrogen and oxygen atoms in total. The Morgan fingerprint density at radius 2 is 1.70 bits per heavy atom. The van der Waals surface area contributed by atoms with E-state index < -0.39 is 34.3 Å². The molecule has 0 aliphatic heterocycles. The number of nitrogens with one attached hydrogen (secondary N) is 1. The fraction of sp³-hybridized carbons (Fsp3) is 0.391. The Labute approximate surface area is 199 Å². The predicted molar refractivity (Wildman–Crippen MR) is 128 cm³/mol. The fourth-order valence-corrected chi connectivity index (χ4v) is 4.12. The zero-order valence-electron chi connectivity index (χ0n) is 19.1. The molecule has 0 bridgehead atoms. The zero-order valence-corrected chi connectivity index (χ0v) is 20.7. The minimum Gasteiger partial charge on any atom is -0.352 e. The second kappa shape index (κ2) is 11.5. The van der Waals surface area contributed by atoms with Crippen molar-refractivity contribution >= 4 is 39.1 Å². The first-order valence-electron chi connectivity index (χ1n) is 10.5. The predicted octanol–water partition coefficient (Wildman–Crippen LogP) is 3.58. The van der Waals surface area contributed by atoms with Gasteiger partial charge in [-0.05, 0) is 56.2 Å². The molecule has 2 aromatic rings. The molecule has 33 heavy (non-hydrogen) atoms. The van der Waals surface area contributed by atoms with E-state index in [-0.39, 0.29) is 24.2 Å². The second-order valence-electron chi connectivity index (χ2n) is 7.85. The minimum absolute atomic E-state index is 0.00855. The molecule has 0 unspecified atom stereocenters. The number of halogens is 2. The molecular formula is C23H29ClFN3O4S. The number of sulfonamides is 1. The lowest BCUT2D eigenvalue weighted by molar-refractivity contribution is -0.139. The molecule has 1 N–H and O–H groups in total. The van der Waals surface area contributed by atoms with E-state index in [1.165, 1.54) is 17.0 Å². The summed E-state index contributed by atoms with van der Waals surface area (Å²) in [5.41, 5.74) is 0.755. The maximum atomic E-state index is 13.4. The summed E-state index contributed by atoms with van der Waals surface area (Å²) in [5.74, 6) is -1.50. The van der Waals surface area contributed by atoms with Crippen LogP contribution in [0, 0.1) is 5.82 Å². The van der Waals surface area contributed by atoms with Crippen LogP contribution in [0.1, 0.15) is 32.8 Å². The fourth-order valence-electron chi connectivity index (χ4n) is 3.08. The molecule has 0 saturated heterocycles. The van der Waals surface area contributed by atoms with E-state index in [0.29, 0.717) is 17.0 Å². The van der Waals surface area contributed by atoms with Crippen LogP contribution in [-0.2, 0) is 26.2 Å². The molecule has 0 spiro atoms. The Bertz CT molecular complexity index is 1080. The average molecular weight is 498 g/mol. The number of amides is 2. The first kappa shape index (κ1) is 26.6. The van der Waals surface area contributed by atoms with Crippen LogP contribution in [0.25, 0.3) is 0 Å². The molecule has 2 aromatic carbocycles. The lowest BCUT2D eigenvalue weighted by atomic mass is 10.1. The van der Waals surface area contributed by atoms with Gasteiger partial charge in [0.2, 0.25) is 21.8 Å². The van der Waals surface area contributed by atoms with Crippen molar-refractivity contribution in [3.8, 4) is 0 Å². The Morgan fingerprint density at radius 3 is 2.24 bits per heavy atom. The topological polar surface area (TPSA) is 86.8 Å². The van der Waals surface area contributed by atoms with Gasteiger partial charge in [0.05, 0.1) is 11.9 Å². The summed E-state index contributed by atoms with van der Waals surface area (Å²) in [6.45, 7) is 4.80. The number of hydrogen-bond acceptors (Lipinski definition) is 4. The van der Waals surface area contributed by atoms with E-state index in [4.69, 9.17) is 11.6 Å². The van der Waals surface area contributed by atoms with E-state index in [0.717, 1.165) is 22.7 Å². The van der Waals surface area contributed by atoms with E-state index in [1.54, 1.807) is 31.2 Å². The van der Waals surface area contributed by atoms with Crippen LogP contribution in [0.2, 0.25) is 5.02 Å². The number of carbonyl (C=O) groups excluding carboxylic acids is 2. The molecule has 2 rings (SSSR count). The average Bonchev–Trinajstić information content (AvgIpc) is 2.76. The molecule has 0 radical (unpaired) electrons. The molecule has 0 heterocycles. The summed E-state index contributed by atoms with van der Waals surface area (Å²) in [6.07, 6.45) is 1.67. The van der Waals surface area contributed by atoms with E-state index >= 15 is 0 Å². The molecule has 10 heteroatoms. The van der Waals surface area contributed by atoms with Crippen molar-refractivity contribution in [3.05, 3.63) is 64.9 Å². The van der Waals surface area contributed by atoms with Gasteiger partial charge in [-0.25, -0.2) is 12.8 Å². The third-order valence-corrected chi connectivity index (χ3v) is 6.77. The van der Waals surface area contributed by atoms with Crippen LogP contribution in [0.4, 0.5) is 10.1 Å². The molecular weight excluding hydrogens is 469 g/mol. The highest BCUT2D eigenvalue weighted by Gasteiger charge is 2.30. The van der Waals surface area contributed by atoms with Crippen molar-refractivity contribution < 1.29 is 22.4 Å². The minimum atomic E-state index is -3.87. The Balaban J connectivity index is 2.39. The first-order chi connectivity index (χ1) is 15.4. The number of rotatable bonds is 10. The van der Waals surface area contributed by atoms with Crippen molar-refractivity contribution in [2.45, 2.75) is 45.8 Å². The van der Waals surface area contributed by atoms with Crippen molar-refractivity contribution in [2.24, 2.45) is 0 Å².